The summed E-state index contributed by atoms with van der Waals surface area (Å²) in [5.74, 6) is 0.876. The van der Waals surface area contributed by atoms with Gasteiger partial charge in [0, 0.05) is 13.0 Å². The van der Waals surface area contributed by atoms with Crippen molar-refractivity contribution < 1.29 is 13.6 Å². The van der Waals surface area contributed by atoms with Crippen molar-refractivity contribution in [2.75, 3.05) is 12.3 Å². The Kier molecular flexibility index (Phi) is 4.65. The van der Waals surface area contributed by atoms with Crippen molar-refractivity contribution in [3.8, 4) is 0 Å². The molecular formula is C19H19FN4O2S. The third kappa shape index (κ3) is 3.57. The highest BCUT2D eigenvalue weighted by atomic mass is 32.1. The maximum Gasteiger partial charge on any atom is 0.266 e. The Morgan fingerprint density at radius 2 is 2.19 bits per heavy atom. The molecule has 6 nitrogen and oxygen atoms in total. The average Bonchev–Trinajstić information content (AvgIpc) is 3.36. The maximum absolute atomic E-state index is 13.0. The molecule has 27 heavy (non-hydrogen) atoms. The number of carbonyl (C=O) groups excluding carboxylic acids is 1. The molecule has 1 aliphatic heterocycles. The van der Waals surface area contributed by atoms with Gasteiger partial charge in [0.2, 0.25) is 5.89 Å². The zero-order valence-electron chi connectivity index (χ0n) is 14.8. The molecule has 1 saturated heterocycles. The van der Waals surface area contributed by atoms with Crippen molar-refractivity contribution in [2.24, 2.45) is 0 Å². The second-order valence-corrected chi connectivity index (χ2v) is 7.62. The summed E-state index contributed by atoms with van der Waals surface area (Å²) in [7, 11) is 0. The van der Waals surface area contributed by atoms with Crippen molar-refractivity contribution in [3.05, 3.63) is 64.1 Å². The molecule has 3 aromatic rings. The third-order valence-corrected chi connectivity index (χ3v) is 5.64. The number of anilines is 1. The minimum atomic E-state index is -0.267. The van der Waals surface area contributed by atoms with Crippen LogP contribution in [-0.4, -0.2) is 27.3 Å². The number of oxazole rings is 1. The number of thiazole rings is 1. The van der Waals surface area contributed by atoms with Gasteiger partial charge in [0.25, 0.3) is 5.91 Å². The van der Waals surface area contributed by atoms with Crippen LogP contribution in [0.25, 0.3) is 0 Å². The standard InChI is InChI=1S/C19H19FN4O2S/c1-11-16(27-19(21)23-11)18(25)24-8-2-3-15(24)17-22-10-14(26-17)9-12-4-6-13(20)7-5-12/h4-7,10,15H,2-3,8-9H2,1H3,(H2,21,23)/t15-/m0/s1. The minimum absolute atomic E-state index is 0.0810. The number of benzene rings is 1. The molecule has 0 saturated carbocycles. The second-order valence-electron chi connectivity index (χ2n) is 6.59. The summed E-state index contributed by atoms with van der Waals surface area (Å²) in [5.41, 5.74) is 7.32. The van der Waals surface area contributed by atoms with Gasteiger partial charge in [-0.15, -0.1) is 0 Å². The van der Waals surface area contributed by atoms with Crippen LogP contribution < -0.4 is 5.73 Å². The number of hydrogen-bond acceptors (Lipinski definition) is 6. The number of aryl methyl sites for hydroxylation is 1. The molecular weight excluding hydrogens is 367 g/mol. The van der Waals surface area contributed by atoms with E-state index >= 15 is 0 Å². The van der Waals surface area contributed by atoms with E-state index in [9.17, 15) is 9.18 Å². The first-order valence-electron chi connectivity index (χ1n) is 8.74. The zero-order chi connectivity index (χ0) is 19.0. The van der Waals surface area contributed by atoms with E-state index in [0.29, 0.717) is 40.3 Å². The van der Waals surface area contributed by atoms with E-state index < -0.39 is 0 Å². The number of aromatic nitrogens is 2. The molecule has 0 unspecified atom stereocenters. The topological polar surface area (TPSA) is 85.2 Å². The van der Waals surface area contributed by atoms with Crippen molar-refractivity contribution in [3.63, 3.8) is 0 Å². The van der Waals surface area contributed by atoms with E-state index in [2.05, 4.69) is 9.97 Å². The fourth-order valence-electron chi connectivity index (χ4n) is 3.37. The summed E-state index contributed by atoms with van der Waals surface area (Å²) < 4.78 is 19.0. The lowest BCUT2D eigenvalue weighted by Crippen LogP contribution is -2.30. The monoisotopic (exact) mass is 386 g/mol. The third-order valence-electron chi connectivity index (χ3n) is 4.67. The van der Waals surface area contributed by atoms with Crippen molar-refractivity contribution in [1.29, 1.82) is 0 Å². The van der Waals surface area contributed by atoms with Gasteiger partial charge in [-0.25, -0.2) is 14.4 Å². The fraction of sp³-hybridized carbons (Fsp3) is 0.316. The Labute approximate surface area is 159 Å². The van der Waals surface area contributed by atoms with Gasteiger partial charge in [-0.05, 0) is 37.5 Å². The van der Waals surface area contributed by atoms with Crippen LogP contribution in [0.5, 0.6) is 0 Å². The first-order chi connectivity index (χ1) is 13.0. The maximum atomic E-state index is 13.0. The number of nitrogens with zero attached hydrogens (tertiary/aromatic N) is 3. The number of carbonyl (C=O) groups is 1. The summed E-state index contributed by atoms with van der Waals surface area (Å²) in [6.45, 7) is 2.44. The molecule has 2 N–H and O–H groups in total. The van der Waals surface area contributed by atoms with E-state index in [4.69, 9.17) is 10.2 Å². The van der Waals surface area contributed by atoms with Crippen LogP contribution >= 0.6 is 11.3 Å². The van der Waals surface area contributed by atoms with Crippen LogP contribution in [0, 0.1) is 12.7 Å². The lowest BCUT2D eigenvalue weighted by molar-refractivity contribution is 0.0718. The highest BCUT2D eigenvalue weighted by Crippen LogP contribution is 2.34. The van der Waals surface area contributed by atoms with Gasteiger partial charge in [-0.2, -0.15) is 0 Å². The van der Waals surface area contributed by atoms with Crippen LogP contribution in [0.3, 0.4) is 0 Å². The van der Waals surface area contributed by atoms with E-state index in [1.165, 1.54) is 23.5 Å². The Balaban J connectivity index is 1.52. The number of halogens is 1. The average molecular weight is 386 g/mol. The quantitative estimate of drug-likeness (QED) is 0.738. The smallest absolute Gasteiger partial charge is 0.266 e. The van der Waals surface area contributed by atoms with E-state index in [1.54, 1.807) is 30.2 Å². The van der Waals surface area contributed by atoms with Crippen LogP contribution in [0.4, 0.5) is 9.52 Å². The number of nitrogen functional groups attached to an aromatic ring is 1. The number of hydrogen-bond donors (Lipinski definition) is 1. The van der Waals surface area contributed by atoms with Gasteiger partial charge in [0.05, 0.1) is 11.9 Å². The van der Waals surface area contributed by atoms with Gasteiger partial charge in [0.15, 0.2) is 5.13 Å². The van der Waals surface area contributed by atoms with Crippen LogP contribution in [0.2, 0.25) is 0 Å². The predicted molar refractivity (Wildman–Crippen MR) is 100.0 cm³/mol. The molecule has 0 bridgehead atoms. The predicted octanol–water partition coefficient (Wildman–Crippen LogP) is 3.73. The first kappa shape index (κ1) is 17.7. The van der Waals surface area contributed by atoms with E-state index in [1.807, 2.05) is 0 Å². The molecule has 1 aromatic carbocycles. The van der Waals surface area contributed by atoms with Crippen LogP contribution in [-0.2, 0) is 6.42 Å². The Morgan fingerprint density at radius 1 is 1.41 bits per heavy atom. The van der Waals surface area contributed by atoms with E-state index in [0.717, 1.165) is 18.4 Å². The van der Waals surface area contributed by atoms with Gasteiger partial charge in [-0.3, -0.25) is 4.79 Å². The summed E-state index contributed by atoms with van der Waals surface area (Å²) in [6.07, 6.45) is 3.89. The summed E-state index contributed by atoms with van der Waals surface area (Å²) >= 11 is 1.21. The number of likely N-dealkylation sites (tertiary alicyclic amines) is 1. The molecule has 2 aromatic heterocycles. The lowest BCUT2D eigenvalue weighted by Gasteiger charge is -2.21. The molecule has 1 amide bonds. The van der Waals surface area contributed by atoms with Gasteiger partial charge in [0.1, 0.15) is 22.5 Å². The Hall–Kier alpha value is -2.74. The Bertz CT molecular complexity index is 967. The Morgan fingerprint density at radius 3 is 2.89 bits per heavy atom. The van der Waals surface area contributed by atoms with Gasteiger partial charge in [-0.1, -0.05) is 23.5 Å². The van der Waals surface area contributed by atoms with Crippen LogP contribution in [0.1, 0.15) is 51.5 Å². The normalized spacial score (nSPS) is 16.8. The van der Waals surface area contributed by atoms with Crippen molar-refractivity contribution in [2.45, 2.75) is 32.2 Å². The molecule has 1 atom stereocenters. The van der Waals surface area contributed by atoms with Gasteiger partial charge >= 0.3 is 0 Å². The zero-order valence-corrected chi connectivity index (χ0v) is 15.6. The first-order valence-corrected chi connectivity index (χ1v) is 9.56. The number of rotatable bonds is 4. The second kappa shape index (κ2) is 7.11. The highest BCUT2D eigenvalue weighted by Gasteiger charge is 2.35. The van der Waals surface area contributed by atoms with Crippen molar-refractivity contribution in [1.82, 2.24) is 14.9 Å². The summed E-state index contributed by atoms with van der Waals surface area (Å²) in [5, 5.41) is 0.393. The van der Waals surface area contributed by atoms with Gasteiger partial charge < -0.3 is 15.1 Å². The van der Waals surface area contributed by atoms with Crippen molar-refractivity contribution >= 4 is 22.4 Å². The summed E-state index contributed by atoms with van der Waals surface area (Å²) in [4.78, 5) is 23.8. The molecule has 0 aliphatic carbocycles. The number of amides is 1. The molecule has 1 aliphatic rings. The highest BCUT2D eigenvalue weighted by molar-refractivity contribution is 7.17. The molecule has 0 spiro atoms. The molecule has 140 valence electrons. The lowest BCUT2D eigenvalue weighted by atomic mass is 10.1. The molecule has 0 radical (unpaired) electrons. The minimum Gasteiger partial charge on any atom is -0.443 e. The van der Waals surface area contributed by atoms with Crippen LogP contribution in [0.15, 0.2) is 34.9 Å². The molecule has 1 fully saturated rings. The molecule has 4 rings (SSSR count). The largest absolute Gasteiger partial charge is 0.443 e. The summed E-state index contributed by atoms with van der Waals surface area (Å²) in [6, 6.07) is 6.10. The number of nitrogens with two attached hydrogens (primary N) is 1. The van der Waals surface area contributed by atoms with E-state index in [-0.39, 0.29) is 17.8 Å². The molecule has 8 heteroatoms. The fourth-order valence-corrected chi connectivity index (χ4v) is 4.16. The SMILES string of the molecule is Cc1nc(N)sc1C(=O)N1CCC[C@H]1c1ncc(Cc2ccc(F)cc2)o1. The molecule has 3 heterocycles.